The minimum Gasteiger partial charge on any atom is -0.493 e. The quantitative estimate of drug-likeness (QED) is 0.662. The summed E-state index contributed by atoms with van der Waals surface area (Å²) in [5.41, 5.74) is 2.67. The summed E-state index contributed by atoms with van der Waals surface area (Å²) in [5.74, 6) is 0.940. The van der Waals surface area contributed by atoms with Gasteiger partial charge in [0.2, 0.25) is 0 Å². The van der Waals surface area contributed by atoms with E-state index in [1.807, 2.05) is 13.8 Å². The van der Waals surface area contributed by atoms with Gasteiger partial charge in [0.05, 0.1) is 6.61 Å². The Labute approximate surface area is 129 Å². The Morgan fingerprint density at radius 3 is 2.14 bits per heavy atom. The van der Waals surface area contributed by atoms with Crippen LogP contribution in [0.25, 0.3) is 0 Å². The van der Waals surface area contributed by atoms with E-state index in [2.05, 4.69) is 45.9 Å². The van der Waals surface area contributed by atoms with Crippen molar-refractivity contribution in [1.82, 2.24) is 0 Å². The predicted octanol–water partition coefficient (Wildman–Crippen LogP) is 4.46. The second kappa shape index (κ2) is 8.40. The Morgan fingerprint density at radius 1 is 1.05 bits per heavy atom. The average molecular weight is 294 g/mol. The molecule has 3 nitrogen and oxygen atoms in total. The lowest BCUT2D eigenvalue weighted by Crippen LogP contribution is -2.20. The first-order valence-electron chi connectivity index (χ1n) is 7.85. The summed E-state index contributed by atoms with van der Waals surface area (Å²) < 4.78 is 16.9. The van der Waals surface area contributed by atoms with Gasteiger partial charge in [0, 0.05) is 19.6 Å². The Balaban J connectivity index is 2.56. The van der Waals surface area contributed by atoms with E-state index in [0.717, 1.165) is 12.2 Å². The zero-order chi connectivity index (χ0) is 15.9. The molecule has 0 saturated carbocycles. The number of aryl methyl sites for hydroxylation is 1. The van der Waals surface area contributed by atoms with Crippen LogP contribution in [0, 0.1) is 6.92 Å². The van der Waals surface area contributed by atoms with Gasteiger partial charge in [-0.05, 0) is 43.4 Å². The molecule has 1 rings (SSSR count). The maximum absolute atomic E-state index is 5.87. The average Bonchev–Trinajstić information content (AvgIpc) is 2.40. The molecular formula is C18H30O3. The van der Waals surface area contributed by atoms with Crippen LogP contribution in [0.3, 0.4) is 0 Å². The van der Waals surface area contributed by atoms with Crippen molar-refractivity contribution in [3.8, 4) is 5.75 Å². The molecule has 0 heterocycles. The Hall–Kier alpha value is -1.06. The monoisotopic (exact) mass is 294 g/mol. The molecule has 0 atom stereocenters. The fraction of sp³-hybridized carbons (Fsp3) is 0.667. The predicted molar refractivity (Wildman–Crippen MR) is 87.0 cm³/mol. The molecule has 0 aliphatic carbocycles. The molecule has 0 unspecified atom stereocenters. The summed E-state index contributed by atoms with van der Waals surface area (Å²) in [6.45, 7) is 14.6. The molecule has 1 aromatic carbocycles. The van der Waals surface area contributed by atoms with E-state index in [0.29, 0.717) is 19.8 Å². The van der Waals surface area contributed by atoms with Crippen LogP contribution in [0.15, 0.2) is 18.2 Å². The number of hydrogen-bond donors (Lipinski definition) is 0. The van der Waals surface area contributed by atoms with Crippen molar-refractivity contribution < 1.29 is 14.2 Å². The third-order valence-corrected chi connectivity index (χ3v) is 3.36. The lowest BCUT2D eigenvalue weighted by molar-refractivity contribution is -0.142. The highest BCUT2D eigenvalue weighted by Gasteiger charge is 2.15. The Morgan fingerprint density at radius 2 is 1.67 bits per heavy atom. The van der Waals surface area contributed by atoms with Crippen LogP contribution in [-0.4, -0.2) is 26.1 Å². The second-order valence-electron chi connectivity index (χ2n) is 6.21. The highest BCUT2D eigenvalue weighted by Crippen LogP contribution is 2.27. The third kappa shape index (κ3) is 6.06. The Kier molecular flexibility index (Phi) is 7.20. The van der Waals surface area contributed by atoms with Gasteiger partial charge in [-0.15, -0.1) is 0 Å². The first-order chi connectivity index (χ1) is 9.88. The third-order valence-electron chi connectivity index (χ3n) is 3.36. The molecule has 0 N–H and O–H groups in total. The van der Waals surface area contributed by atoms with E-state index in [9.17, 15) is 0 Å². The number of hydrogen-bond acceptors (Lipinski definition) is 3. The summed E-state index contributed by atoms with van der Waals surface area (Å²) in [7, 11) is 0. The van der Waals surface area contributed by atoms with Gasteiger partial charge in [-0.2, -0.15) is 0 Å². The number of ether oxygens (including phenoxy) is 3. The summed E-state index contributed by atoms with van der Waals surface area (Å²) in [6.07, 6.45) is 0.566. The van der Waals surface area contributed by atoms with E-state index in [-0.39, 0.29) is 11.7 Å². The van der Waals surface area contributed by atoms with E-state index < -0.39 is 0 Å². The first-order valence-corrected chi connectivity index (χ1v) is 7.85. The summed E-state index contributed by atoms with van der Waals surface area (Å²) in [4.78, 5) is 0. The van der Waals surface area contributed by atoms with Crippen LogP contribution in [0.1, 0.15) is 52.2 Å². The molecule has 0 spiro atoms. The van der Waals surface area contributed by atoms with E-state index >= 15 is 0 Å². The van der Waals surface area contributed by atoms with Gasteiger partial charge in [0.25, 0.3) is 0 Å². The Bertz CT molecular complexity index is 415. The van der Waals surface area contributed by atoms with Gasteiger partial charge in [0.15, 0.2) is 6.29 Å². The molecule has 0 radical (unpaired) electrons. The second-order valence-corrected chi connectivity index (χ2v) is 6.21. The van der Waals surface area contributed by atoms with Crippen molar-refractivity contribution in [2.75, 3.05) is 19.8 Å². The SMILES string of the molecule is CCOC(CCOc1ccc(C(C)(C)C)cc1C)OCC. The molecule has 3 heteroatoms. The van der Waals surface area contributed by atoms with Gasteiger partial charge in [-0.25, -0.2) is 0 Å². The fourth-order valence-electron chi connectivity index (χ4n) is 2.13. The van der Waals surface area contributed by atoms with Crippen LogP contribution >= 0.6 is 0 Å². The highest BCUT2D eigenvalue weighted by molar-refractivity contribution is 5.38. The zero-order valence-corrected chi connectivity index (χ0v) is 14.4. The number of rotatable bonds is 8. The molecule has 0 saturated heterocycles. The minimum atomic E-state index is -0.172. The summed E-state index contributed by atoms with van der Waals surface area (Å²) in [5, 5.41) is 0. The van der Waals surface area contributed by atoms with Crippen molar-refractivity contribution in [2.24, 2.45) is 0 Å². The highest BCUT2D eigenvalue weighted by atomic mass is 16.7. The fourth-order valence-corrected chi connectivity index (χ4v) is 2.13. The van der Waals surface area contributed by atoms with Gasteiger partial charge < -0.3 is 14.2 Å². The molecule has 0 aliphatic rings. The zero-order valence-electron chi connectivity index (χ0n) is 14.4. The van der Waals surface area contributed by atoms with Crippen LogP contribution < -0.4 is 4.74 Å². The standard InChI is InChI=1S/C18H30O3/c1-7-19-17(20-8-2)11-12-21-16-10-9-15(13-14(16)3)18(4,5)6/h9-10,13,17H,7-8,11-12H2,1-6H3. The molecule has 21 heavy (non-hydrogen) atoms. The van der Waals surface area contributed by atoms with Crippen molar-refractivity contribution >= 4 is 0 Å². The molecule has 1 aromatic rings. The van der Waals surface area contributed by atoms with Crippen molar-refractivity contribution in [3.05, 3.63) is 29.3 Å². The molecule has 0 aromatic heterocycles. The van der Waals surface area contributed by atoms with E-state index in [4.69, 9.17) is 14.2 Å². The summed E-state index contributed by atoms with van der Waals surface area (Å²) >= 11 is 0. The largest absolute Gasteiger partial charge is 0.493 e. The molecule has 0 amide bonds. The molecular weight excluding hydrogens is 264 g/mol. The molecule has 120 valence electrons. The van der Waals surface area contributed by atoms with Crippen LogP contribution in [0.5, 0.6) is 5.75 Å². The molecule has 0 fully saturated rings. The van der Waals surface area contributed by atoms with Gasteiger partial charge >= 0.3 is 0 Å². The van der Waals surface area contributed by atoms with Crippen molar-refractivity contribution in [1.29, 1.82) is 0 Å². The van der Waals surface area contributed by atoms with Gasteiger partial charge in [0.1, 0.15) is 5.75 Å². The smallest absolute Gasteiger partial charge is 0.160 e. The van der Waals surface area contributed by atoms with Crippen molar-refractivity contribution in [2.45, 2.75) is 59.7 Å². The minimum absolute atomic E-state index is 0.165. The van der Waals surface area contributed by atoms with Crippen LogP contribution in [0.2, 0.25) is 0 Å². The van der Waals surface area contributed by atoms with E-state index in [1.165, 1.54) is 11.1 Å². The van der Waals surface area contributed by atoms with Gasteiger partial charge in [-0.3, -0.25) is 0 Å². The normalized spacial score (nSPS) is 12.0. The lowest BCUT2D eigenvalue weighted by Gasteiger charge is -2.21. The first kappa shape index (κ1) is 18.0. The lowest BCUT2D eigenvalue weighted by atomic mass is 9.86. The van der Waals surface area contributed by atoms with Crippen molar-refractivity contribution in [3.63, 3.8) is 0 Å². The summed E-state index contributed by atoms with van der Waals surface area (Å²) in [6, 6.07) is 6.41. The molecule has 0 aliphatic heterocycles. The number of benzene rings is 1. The van der Waals surface area contributed by atoms with Crippen LogP contribution in [0.4, 0.5) is 0 Å². The van der Waals surface area contributed by atoms with E-state index in [1.54, 1.807) is 0 Å². The maximum atomic E-state index is 5.87. The maximum Gasteiger partial charge on any atom is 0.160 e. The van der Waals surface area contributed by atoms with Gasteiger partial charge in [-0.1, -0.05) is 32.9 Å². The topological polar surface area (TPSA) is 27.7 Å². The van der Waals surface area contributed by atoms with Crippen LogP contribution in [-0.2, 0) is 14.9 Å². The molecule has 0 bridgehead atoms.